The van der Waals surface area contributed by atoms with Crippen molar-refractivity contribution in [2.24, 2.45) is 5.92 Å². The van der Waals surface area contributed by atoms with Crippen molar-refractivity contribution in [2.45, 2.75) is 45.1 Å². The van der Waals surface area contributed by atoms with Crippen LogP contribution in [0.3, 0.4) is 0 Å². The average Bonchev–Trinajstić information content (AvgIpc) is 3.16. The molecule has 100 valence electrons. The normalized spacial score (nSPS) is 16.8. The molecule has 0 amide bonds. The van der Waals surface area contributed by atoms with Crippen molar-refractivity contribution < 1.29 is 4.39 Å². The van der Waals surface area contributed by atoms with E-state index < -0.39 is 0 Å². The van der Waals surface area contributed by atoms with Gasteiger partial charge in [0.25, 0.3) is 0 Å². The SMILES string of the molecule is CCNC(CCCc1cc(Br)ccc1F)C1CC1. The molecule has 0 bridgehead atoms. The number of rotatable bonds is 7. The van der Waals surface area contributed by atoms with E-state index in [4.69, 9.17) is 0 Å². The minimum Gasteiger partial charge on any atom is -0.314 e. The Kier molecular flexibility index (Phi) is 5.19. The van der Waals surface area contributed by atoms with Crippen LogP contribution in [-0.2, 0) is 6.42 Å². The number of hydrogen-bond acceptors (Lipinski definition) is 1. The predicted octanol–water partition coefficient (Wildman–Crippen LogP) is 4.30. The summed E-state index contributed by atoms with van der Waals surface area (Å²) in [6.07, 6.45) is 5.78. The fourth-order valence-corrected chi connectivity index (χ4v) is 2.92. The highest BCUT2D eigenvalue weighted by atomic mass is 79.9. The van der Waals surface area contributed by atoms with E-state index in [0.717, 1.165) is 41.8 Å². The van der Waals surface area contributed by atoms with E-state index in [9.17, 15) is 4.39 Å². The molecule has 0 aliphatic heterocycles. The summed E-state index contributed by atoms with van der Waals surface area (Å²) in [5.74, 6) is 0.793. The summed E-state index contributed by atoms with van der Waals surface area (Å²) in [4.78, 5) is 0. The van der Waals surface area contributed by atoms with Gasteiger partial charge in [-0.3, -0.25) is 0 Å². The van der Waals surface area contributed by atoms with Crippen LogP contribution in [0.25, 0.3) is 0 Å². The second kappa shape index (κ2) is 6.67. The van der Waals surface area contributed by atoms with Gasteiger partial charge in [-0.15, -0.1) is 0 Å². The van der Waals surface area contributed by atoms with Gasteiger partial charge in [-0.1, -0.05) is 22.9 Å². The van der Waals surface area contributed by atoms with Crippen molar-refractivity contribution in [3.05, 3.63) is 34.1 Å². The number of halogens is 2. The van der Waals surface area contributed by atoms with Gasteiger partial charge in [0.2, 0.25) is 0 Å². The van der Waals surface area contributed by atoms with Crippen LogP contribution in [0.5, 0.6) is 0 Å². The lowest BCUT2D eigenvalue weighted by Crippen LogP contribution is -2.30. The standard InChI is InChI=1S/C15H21BrFN/c1-2-18-15(11-6-7-11)5-3-4-12-10-13(16)8-9-14(12)17/h8-11,15,18H,2-7H2,1H3. The molecule has 0 spiro atoms. The molecule has 0 radical (unpaired) electrons. The summed E-state index contributed by atoms with van der Waals surface area (Å²) >= 11 is 3.40. The highest BCUT2D eigenvalue weighted by Crippen LogP contribution is 2.34. The summed E-state index contributed by atoms with van der Waals surface area (Å²) in [6, 6.07) is 5.84. The van der Waals surface area contributed by atoms with Crippen molar-refractivity contribution in [1.29, 1.82) is 0 Å². The van der Waals surface area contributed by atoms with Crippen LogP contribution in [0.2, 0.25) is 0 Å². The molecule has 1 atom stereocenters. The number of aryl methyl sites for hydroxylation is 1. The molecule has 1 N–H and O–H groups in total. The van der Waals surface area contributed by atoms with Crippen molar-refractivity contribution in [3.63, 3.8) is 0 Å². The van der Waals surface area contributed by atoms with Gasteiger partial charge in [0, 0.05) is 10.5 Å². The van der Waals surface area contributed by atoms with Gasteiger partial charge in [-0.2, -0.15) is 0 Å². The fourth-order valence-electron chi connectivity index (χ4n) is 2.51. The highest BCUT2D eigenvalue weighted by Gasteiger charge is 2.29. The molecule has 1 unspecified atom stereocenters. The molecule has 1 saturated carbocycles. The Morgan fingerprint density at radius 1 is 1.44 bits per heavy atom. The number of nitrogens with one attached hydrogen (secondary N) is 1. The van der Waals surface area contributed by atoms with E-state index in [1.54, 1.807) is 12.1 Å². The predicted molar refractivity (Wildman–Crippen MR) is 77.2 cm³/mol. The third-order valence-corrected chi connectivity index (χ3v) is 4.12. The van der Waals surface area contributed by atoms with E-state index in [0.29, 0.717) is 6.04 Å². The van der Waals surface area contributed by atoms with Crippen LogP contribution in [0.1, 0.15) is 38.2 Å². The van der Waals surface area contributed by atoms with E-state index in [1.807, 2.05) is 6.07 Å². The molecule has 1 aliphatic rings. The van der Waals surface area contributed by atoms with Gasteiger partial charge in [-0.25, -0.2) is 4.39 Å². The lowest BCUT2D eigenvalue weighted by atomic mass is 10.0. The molecule has 1 fully saturated rings. The zero-order valence-electron chi connectivity index (χ0n) is 10.9. The molecule has 0 saturated heterocycles. The van der Waals surface area contributed by atoms with Crippen LogP contribution in [0.4, 0.5) is 4.39 Å². The van der Waals surface area contributed by atoms with E-state index in [2.05, 4.69) is 28.2 Å². The Bertz CT molecular complexity index is 390. The Balaban J connectivity index is 1.81. The first-order valence-electron chi connectivity index (χ1n) is 6.88. The molecule has 2 rings (SSSR count). The fraction of sp³-hybridized carbons (Fsp3) is 0.600. The topological polar surface area (TPSA) is 12.0 Å². The first kappa shape index (κ1) is 14.0. The first-order valence-corrected chi connectivity index (χ1v) is 7.67. The molecule has 18 heavy (non-hydrogen) atoms. The number of hydrogen-bond donors (Lipinski definition) is 1. The smallest absolute Gasteiger partial charge is 0.126 e. The lowest BCUT2D eigenvalue weighted by Gasteiger charge is -2.17. The van der Waals surface area contributed by atoms with E-state index in [1.165, 1.54) is 12.8 Å². The van der Waals surface area contributed by atoms with Gasteiger partial charge in [0.1, 0.15) is 5.82 Å². The van der Waals surface area contributed by atoms with Gasteiger partial charge >= 0.3 is 0 Å². The Morgan fingerprint density at radius 3 is 2.89 bits per heavy atom. The minimum absolute atomic E-state index is 0.0791. The monoisotopic (exact) mass is 313 g/mol. The summed E-state index contributed by atoms with van der Waals surface area (Å²) in [7, 11) is 0. The third kappa shape index (κ3) is 4.06. The number of benzene rings is 1. The zero-order chi connectivity index (χ0) is 13.0. The largest absolute Gasteiger partial charge is 0.314 e. The van der Waals surface area contributed by atoms with Crippen molar-refractivity contribution in [2.75, 3.05) is 6.54 Å². The molecular formula is C15H21BrFN. The zero-order valence-corrected chi connectivity index (χ0v) is 12.5. The second-order valence-electron chi connectivity index (χ2n) is 5.13. The summed E-state index contributed by atoms with van der Waals surface area (Å²) in [5, 5.41) is 3.55. The summed E-state index contributed by atoms with van der Waals surface area (Å²) in [6.45, 7) is 3.19. The van der Waals surface area contributed by atoms with Crippen molar-refractivity contribution >= 4 is 15.9 Å². The van der Waals surface area contributed by atoms with E-state index in [-0.39, 0.29) is 5.82 Å². The maximum absolute atomic E-state index is 13.6. The molecular weight excluding hydrogens is 293 g/mol. The van der Waals surface area contributed by atoms with Gasteiger partial charge in [-0.05, 0) is 68.3 Å². The quantitative estimate of drug-likeness (QED) is 0.791. The van der Waals surface area contributed by atoms with Crippen LogP contribution in [0.15, 0.2) is 22.7 Å². The van der Waals surface area contributed by atoms with Crippen LogP contribution in [-0.4, -0.2) is 12.6 Å². The summed E-state index contributed by atoms with van der Waals surface area (Å²) < 4.78 is 14.5. The van der Waals surface area contributed by atoms with Gasteiger partial charge in [0.15, 0.2) is 0 Å². The maximum Gasteiger partial charge on any atom is 0.126 e. The minimum atomic E-state index is -0.0791. The lowest BCUT2D eigenvalue weighted by molar-refractivity contribution is 0.433. The molecule has 1 aromatic rings. The molecule has 0 heterocycles. The van der Waals surface area contributed by atoms with Crippen LogP contribution < -0.4 is 5.32 Å². The molecule has 1 aromatic carbocycles. The van der Waals surface area contributed by atoms with Gasteiger partial charge < -0.3 is 5.32 Å². The van der Waals surface area contributed by atoms with Crippen molar-refractivity contribution in [1.82, 2.24) is 5.32 Å². The second-order valence-corrected chi connectivity index (χ2v) is 6.05. The van der Waals surface area contributed by atoms with Gasteiger partial charge in [0.05, 0.1) is 0 Å². The molecule has 1 aliphatic carbocycles. The third-order valence-electron chi connectivity index (χ3n) is 3.63. The summed E-state index contributed by atoms with van der Waals surface area (Å²) in [5.41, 5.74) is 0.829. The molecule has 3 heteroatoms. The Labute approximate surface area is 117 Å². The molecule has 1 nitrogen and oxygen atoms in total. The van der Waals surface area contributed by atoms with Crippen LogP contribution >= 0.6 is 15.9 Å². The average molecular weight is 314 g/mol. The first-order chi connectivity index (χ1) is 8.70. The molecule has 0 aromatic heterocycles. The van der Waals surface area contributed by atoms with Crippen LogP contribution in [0, 0.1) is 11.7 Å². The Morgan fingerprint density at radius 2 is 2.22 bits per heavy atom. The van der Waals surface area contributed by atoms with Crippen molar-refractivity contribution in [3.8, 4) is 0 Å². The Hall–Kier alpha value is -0.410. The maximum atomic E-state index is 13.6. The highest BCUT2D eigenvalue weighted by molar-refractivity contribution is 9.10. The van der Waals surface area contributed by atoms with E-state index >= 15 is 0 Å².